The second-order valence-corrected chi connectivity index (χ2v) is 7.14. The number of alkyl halides is 1. The minimum Gasteiger partial charge on any atom is -0.463 e. The predicted octanol–water partition coefficient (Wildman–Crippen LogP) is 1.67. The standard InChI is InChI=1S/C20H24ClNO9/c1-11(23)27-10-15-17(29-12(2)24)16(18(19(21)31-15)30-13(3)25)22-20(26)28-9-14-7-5-4-6-8-14/h4-8,15-19H,9-10H2,1-3H3,(H,22,26)/t15-,16-,17-,18-,19+/m1/s1. The van der Waals surface area contributed by atoms with Crippen molar-refractivity contribution in [3.8, 4) is 0 Å². The van der Waals surface area contributed by atoms with Gasteiger partial charge < -0.3 is 29.0 Å². The summed E-state index contributed by atoms with van der Waals surface area (Å²) in [7, 11) is 0. The number of rotatable bonds is 7. The first kappa shape index (κ1) is 24.4. The molecule has 1 saturated heterocycles. The zero-order valence-electron chi connectivity index (χ0n) is 17.2. The van der Waals surface area contributed by atoms with Gasteiger partial charge in [-0.15, -0.1) is 0 Å². The smallest absolute Gasteiger partial charge is 0.407 e. The summed E-state index contributed by atoms with van der Waals surface area (Å²) in [5, 5.41) is 2.53. The molecule has 31 heavy (non-hydrogen) atoms. The zero-order chi connectivity index (χ0) is 23.0. The van der Waals surface area contributed by atoms with Crippen molar-refractivity contribution in [2.45, 2.75) is 57.3 Å². The Balaban J connectivity index is 2.21. The van der Waals surface area contributed by atoms with Gasteiger partial charge >= 0.3 is 24.0 Å². The number of alkyl carbamates (subject to hydrolysis) is 1. The van der Waals surface area contributed by atoms with Crippen molar-refractivity contribution >= 4 is 35.6 Å². The molecule has 1 fully saturated rings. The Labute approximate surface area is 184 Å². The molecular formula is C20H24ClNO9. The van der Waals surface area contributed by atoms with Crippen LogP contribution >= 0.6 is 11.6 Å². The van der Waals surface area contributed by atoms with Crippen molar-refractivity contribution < 1.29 is 42.9 Å². The maximum Gasteiger partial charge on any atom is 0.407 e. The van der Waals surface area contributed by atoms with E-state index in [0.29, 0.717) is 0 Å². The normalized spacial score (nSPS) is 25.1. The molecule has 170 valence electrons. The van der Waals surface area contributed by atoms with E-state index in [1.807, 2.05) is 6.07 Å². The largest absolute Gasteiger partial charge is 0.463 e. The topological polar surface area (TPSA) is 126 Å². The number of nitrogens with one attached hydrogen (secondary N) is 1. The summed E-state index contributed by atoms with van der Waals surface area (Å²) in [6.07, 6.45) is -4.27. The zero-order valence-corrected chi connectivity index (χ0v) is 18.0. The number of hydrogen-bond acceptors (Lipinski definition) is 9. The number of ether oxygens (including phenoxy) is 5. The van der Waals surface area contributed by atoms with Gasteiger partial charge in [-0.25, -0.2) is 4.79 Å². The van der Waals surface area contributed by atoms with Gasteiger partial charge in [0, 0.05) is 20.8 Å². The van der Waals surface area contributed by atoms with Crippen molar-refractivity contribution in [3.05, 3.63) is 35.9 Å². The molecule has 2 rings (SSSR count). The summed E-state index contributed by atoms with van der Waals surface area (Å²) in [6, 6.07) is 7.82. The van der Waals surface area contributed by atoms with Crippen molar-refractivity contribution in [2.24, 2.45) is 0 Å². The summed E-state index contributed by atoms with van der Waals surface area (Å²) in [5.74, 6) is -1.98. The van der Waals surface area contributed by atoms with Gasteiger partial charge in [0.05, 0.1) is 0 Å². The van der Waals surface area contributed by atoms with E-state index in [0.717, 1.165) is 19.4 Å². The van der Waals surface area contributed by atoms with Gasteiger partial charge in [-0.1, -0.05) is 41.9 Å². The fourth-order valence-electron chi connectivity index (χ4n) is 2.96. The van der Waals surface area contributed by atoms with Crippen molar-refractivity contribution in [2.75, 3.05) is 6.61 Å². The molecule has 0 aliphatic carbocycles. The van der Waals surface area contributed by atoms with E-state index < -0.39 is 53.9 Å². The fourth-order valence-corrected chi connectivity index (χ4v) is 3.30. The molecule has 10 nitrogen and oxygen atoms in total. The average molecular weight is 458 g/mol. The molecule has 1 aromatic carbocycles. The van der Waals surface area contributed by atoms with Crippen LogP contribution in [0.3, 0.4) is 0 Å². The quantitative estimate of drug-likeness (QED) is 0.369. The van der Waals surface area contributed by atoms with Crippen LogP contribution in [0.4, 0.5) is 4.79 Å². The maximum atomic E-state index is 12.4. The summed E-state index contributed by atoms with van der Waals surface area (Å²) in [6.45, 7) is 3.18. The van der Waals surface area contributed by atoms with Crippen LogP contribution in [-0.4, -0.2) is 60.5 Å². The third-order valence-corrected chi connectivity index (χ3v) is 4.54. The summed E-state index contributed by atoms with van der Waals surface area (Å²) in [4.78, 5) is 46.9. The third kappa shape index (κ3) is 7.72. The van der Waals surface area contributed by atoms with Crippen LogP contribution in [0, 0.1) is 0 Å². The lowest BCUT2D eigenvalue weighted by Gasteiger charge is -2.43. The molecule has 1 aromatic rings. The molecule has 1 N–H and O–H groups in total. The van der Waals surface area contributed by atoms with Gasteiger partial charge in [0.2, 0.25) is 0 Å². The molecule has 0 saturated carbocycles. The first-order chi connectivity index (χ1) is 14.7. The monoisotopic (exact) mass is 457 g/mol. The van der Waals surface area contributed by atoms with Gasteiger partial charge in [0.25, 0.3) is 0 Å². The van der Waals surface area contributed by atoms with Crippen LogP contribution in [0.5, 0.6) is 0 Å². The van der Waals surface area contributed by atoms with E-state index in [1.165, 1.54) is 6.92 Å². The minimum atomic E-state index is -1.23. The highest BCUT2D eigenvalue weighted by Gasteiger charge is 2.50. The van der Waals surface area contributed by atoms with Gasteiger partial charge in [0.1, 0.15) is 25.4 Å². The second-order valence-electron chi connectivity index (χ2n) is 6.71. The Kier molecular flexibility index (Phi) is 9.07. The number of amides is 1. The molecule has 0 bridgehead atoms. The number of halogens is 1. The predicted molar refractivity (Wildman–Crippen MR) is 106 cm³/mol. The lowest BCUT2D eigenvalue weighted by atomic mass is 9.96. The van der Waals surface area contributed by atoms with Crippen LogP contribution in [0.25, 0.3) is 0 Å². The van der Waals surface area contributed by atoms with E-state index in [4.69, 9.17) is 35.3 Å². The second kappa shape index (κ2) is 11.5. The minimum absolute atomic E-state index is 0.0203. The highest BCUT2D eigenvalue weighted by Crippen LogP contribution is 2.29. The Bertz CT molecular complexity index is 788. The summed E-state index contributed by atoms with van der Waals surface area (Å²) in [5.41, 5.74) is -0.476. The highest BCUT2D eigenvalue weighted by molar-refractivity contribution is 6.20. The van der Waals surface area contributed by atoms with Crippen LogP contribution in [-0.2, 0) is 44.7 Å². The van der Waals surface area contributed by atoms with Gasteiger partial charge in [-0.2, -0.15) is 0 Å². The highest BCUT2D eigenvalue weighted by atomic mass is 35.5. The van der Waals surface area contributed by atoms with E-state index in [2.05, 4.69) is 5.32 Å². The molecule has 1 heterocycles. The van der Waals surface area contributed by atoms with E-state index in [-0.39, 0.29) is 13.2 Å². The Morgan fingerprint density at radius 1 is 0.935 bits per heavy atom. The lowest BCUT2D eigenvalue weighted by Crippen LogP contribution is -2.65. The molecule has 0 aromatic heterocycles. The fraction of sp³-hybridized carbons (Fsp3) is 0.500. The molecule has 0 radical (unpaired) electrons. The van der Waals surface area contributed by atoms with Gasteiger partial charge in [-0.3, -0.25) is 14.4 Å². The number of carbonyl (C=O) groups is 4. The van der Waals surface area contributed by atoms with Gasteiger partial charge in [-0.05, 0) is 5.56 Å². The summed E-state index contributed by atoms with van der Waals surface area (Å²) >= 11 is 6.22. The number of carbonyl (C=O) groups excluding carboxylic acids is 4. The van der Waals surface area contributed by atoms with E-state index >= 15 is 0 Å². The van der Waals surface area contributed by atoms with Crippen LogP contribution in [0.2, 0.25) is 0 Å². The Morgan fingerprint density at radius 3 is 2.13 bits per heavy atom. The average Bonchev–Trinajstić information content (AvgIpc) is 2.70. The van der Waals surface area contributed by atoms with E-state index in [9.17, 15) is 19.2 Å². The number of hydrogen-bond donors (Lipinski definition) is 1. The molecule has 1 aliphatic rings. The first-order valence-corrected chi connectivity index (χ1v) is 9.85. The third-order valence-electron chi connectivity index (χ3n) is 4.19. The van der Waals surface area contributed by atoms with Crippen LogP contribution < -0.4 is 5.32 Å². The Hall–Kier alpha value is -2.85. The van der Waals surface area contributed by atoms with E-state index in [1.54, 1.807) is 24.3 Å². The lowest BCUT2D eigenvalue weighted by molar-refractivity contribution is -0.205. The first-order valence-electron chi connectivity index (χ1n) is 9.42. The number of esters is 3. The number of benzene rings is 1. The molecule has 5 atom stereocenters. The summed E-state index contributed by atoms with van der Waals surface area (Å²) < 4.78 is 26.2. The maximum absolute atomic E-state index is 12.4. The molecule has 0 unspecified atom stereocenters. The molecule has 0 spiro atoms. The molecular weight excluding hydrogens is 434 g/mol. The van der Waals surface area contributed by atoms with Gasteiger partial charge in [0.15, 0.2) is 17.8 Å². The molecule has 1 aliphatic heterocycles. The van der Waals surface area contributed by atoms with Crippen molar-refractivity contribution in [1.82, 2.24) is 5.32 Å². The van der Waals surface area contributed by atoms with Crippen LogP contribution in [0.15, 0.2) is 30.3 Å². The Morgan fingerprint density at radius 2 is 1.55 bits per heavy atom. The SMILES string of the molecule is CC(=O)OC[C@H]1O[C@H](Cl)[C@H](OC(C)=O)[C@H](NC(=O)OCc2ccccc2)[C@@H]1OC(C)=O. The van der Waals surface area contributed by atoms with Crippen LogP contribution in [0.1, 0.15) is 26.3 Å². The molecule has 11 heteroatoms. The molecule has 1 amide bonds. The van der Waals surface area contributed by atoms with Crippen molar-refractivity contribution in [1.29, 1.82) is 0 Å². The van der Waals surface area contributed by atoms with Crippen molar-refractivity contribution in [3.63, 3.8) is 0 Å².